The van der Waals surface area contributed by atoms with E-state index in [1.165, 1.54) is 11.2 Å². The maximum absolute atomic E-state index is 11.8. The van der Waals surface area contributed by atoms with Gasteiger partial charge < -0.3 is 10.4 Å². The molecule has 19 heavy (non-hydrogen) atoms. The summed E-state index contributed by atoms with van der Waals surface area (Å²) in [4.78, 5) is 21.9. The minimum atomic E-state index is -3.26. The van der Waals surface area contributed by atoms with Gasteiger partial charge in [0, 0.05) is 19.5 Å². The van der Waals surface area contributed by atoms with Crippen LogP contribution in [0.2, 0.25) is 0 Å². The number of rotatable bonds is 7. The summed E-state index contributed by atoms with van der Waals surface area (Å²) in [7, 11) is -3.26. The van der Waals surface area contributed by atoms with E-state index >= 15 is 0 Å². The van der Waals surface area contributed by atoms with Crippen LogP contribution in [0.3, 0.4) is 0 Å². The number of nitrogens with zero attached hydrogens (tertiary/aromatic N) is 1. The lowest BCUT2D eigenvalue weighted by Crippen LogP contribution is -2.38. The van der Waals surface area contributed by atoms with Crippen LogP contribution in [-0.4, -0.2) is 54.6 Å². The van der Waals surface area contributed by atoms with E-state index < -0.39 is 27.9 Å². The Labute approximate surface area is 113 Å². The van der Waals surface area contributed by atoms with Crippen molar-refractivity contribution >= 4 is 21.9 Å². The molecule has 0 aromatic carbocycles. The second kappa shape index (κ2) is 6.85. The molecule has 0 saturated carbocycles. The summed E-state index contributed by atoms with van der Waals surface area (Å²) in [6, 6.07) is -0.956. The molecule has 0 unspecified atom stereocenters. The van der Waals surface area contributed by atoms with E-state index in [-0.39, 0.29) is 18.6 Å². The number of sulfonamides is 1. The van der Waals surface area contributed by atoms with Gasteiger partial charge in [-0.1, -0.05) is 0 Å². The van der Waals surface area contributed by atoms with Gasteiger partial charge in [0.15, 0.2) is 0 Å². The van der Waals surface area contributed by atoms with E-state index in [2.05, 4.69) is 5.32 Å². The first-order chi connectivity index (χ1) is 8.83. The minimum Gasteiger partial charge on any atom is -0.480 e. The Hall–Kier alpha value is -1.15. The number of amides is 1. The summed E-state index contributed by atoms with van der Waals surface area (Å²) in [6.45, 7) is 2.48. The van der Waals surface area contributed by atoms with Crippen LogP contribution in [0, 0.1) is 0 Å². The van der Waals surface area contributed by atoms with Crippen LogP contribution in [0.4, 0.5) is 0 Å². The van der Waals surface area contributed by atoms with E-state index in [9.17, 15) is 18.0 Å². The predicted molar refractivity (Wildman–Crippen MR) is 69.1 cm³/mol. The van der Waals surface area contributed by atoms with Crippen LogP contribution in [0.5, 0.6) is 0 Å². The molecule has 0 aliphatic carbocycles. The maximum Gasteiger partial charge on any atom is 0.325 e. The first-order valence-corrected chi connectivity index (χ1v) is 7.94. The predicted octanol–water partition coefficient (Wildman–Crippen LogP) is -0.218. The molecule has 1 heterocycles. The number of carbonyl (C=O) groups is 2. The first kappa shape index (κ1) is 15.9. The van der Waals surface area contributed by atoms with Crippen molar-refractivity contribution in [2.24, 2.45) is 0 Å². The highest BCUT2D eigenvalue weighted by Gasteiger charge is 2.25. The largest absolute Gasteiger partial charge is 0.480 e. The lowest BCUT2D eigenvalue weighted by molar-refractivity contribution is -0.141. The Kier molecular flexibility index (Phi) is 5.74. The SMILES string of the molecule is C[C@@H](NC(=O)CCCS(=O)(=O)N1CCCC1)C(=O)O. The fraction of sp³-hybridized carbons (Fsp3) is 0.818. The number of carbonyl (C=O) groups excluding carboxylic acids is 1. The molecule has 2 N–H and O–H groups in total. The van der Waals surface area contributed by atoms with Crippen molar-refractivity contribution < 1.29 is 23.1 Å². The molecule has 110 valence electrons. The molecule has 1 aliphatic heterocycles. The molecule has 0 aromatic rings. The zero-order valence-corrected chi connectivity index (χ0v) is 11.8. The smallest absolute Gasteiger partial charge is 0.325 e. The molecule has 1 fully saturated rings. The molecule has 0 radical (unpaired) electrons. The van der Waals surface area contributed by atoms with Crippen molar-refractivity contribution in [1.82, 2.24) is 9.62 Å². The first-order valence-electron chi connectivity index (χ1n) is 6.33. The number of carboxylic acids is 1. The third-order valence-corrected chi connectivity index (χ3v) is 4.97. The number of carboxylic acid groups (broad SMARTS) is 1. The molecule has 0 bridgehead atoms. The Morgan fingerprint density at radius 1 is 1.32 bits per heavy atom. The summed E-state index contributed by atoms with van der Waals surface area (Å²) >= 11 is 0. The fourth-order valence-corrected chi connectivity index (χ4v) is 3.47. The molecule has 1 aliphatic rings. The number of hydrogen-bond acceptors (Lipinski definition) is 4. The van der Waals surface area contributed by atoms with Crippen LogP contribution in [-0.2, 0) is 19.6 Å². The van der Waals surface area contributed by atoms with Gasteiger partial charge in [0.05, 0.1) is 5.75 Å². The lowest BCUT2D eigenvalue weighted by atomic mass is 10.3. The van der Waals surface area contributed by atoms with Crippen molar-refractivity contribution in [2.75, 3.05) is 18.8 Å². The average molecular weight is 292 g/mol. The number of nitrogens with one attached hydrogen (secondary N) is 1. The van der Waals surface area contributed by atoms with Crippen LogP contribution < -0.4 is 5.32 Å². The van der Waals surface area contributed by atoms with Gasteiger partial charge >= 0.3 is 5.97 Å². The number of aliphatic carboxylic acids is 1. The molecule has 1 rings (SSSR count). The van der Waals surface area contributed by atoms with Crippen LogP contribution in [0.15, 0.2) is 0 Å². The average Bonchev–Trinajstić information content (AvgIpc) is 2.82. The molecule has 8 heteroatoms. The van der Waals surface area contributed by atoms with Crippen molar-refractivity contribution in [1.29, 1.82) is 0 Å². The Morgan fingerprint density at radius 3 is 2.42 bits per heavy atom. The quantitative estimate of drug-likeness (QED) is 0.675. The van der Waals surface area contributed by atoms with Gasteiger partial charge in [-0.05, 0) is 26.2 Å². The molecular formula is C11H20N2O5S. The van der Waals surface area contributed by atoms with E-state index in [1.807, 2.05) is 0 Å². The van der Waals surface area contributed by atoms with Gasteiger partial charge in [-0.2, -0.15) is 0 Å². The van der Waals surface area contributed by atoms with Crippen LogP contribution >= 0.6 is 0 Å². The normalized spacial score (nSPS) is 18.2. The molecular weight excluding hydrogens is 272 g/mol. The summed E-state index contributed by atoms with van der Waals surface area (Å²) in [6.07, 6.45) is 1.99. The molecule has 1 amide bonds. The van der Waals surface area contributed by atoms with Crippen molar-refractivity contribution in [3.05, 3.63) is 0 Å². The highest BCUT2D eigenvalue weighted by Crippen LogP contribution is 2.14. The zero-order chi connectivity index (χ0) is 14.5. The highest BCUT2D eigenvalue weighted by atomic mass is 32.2. The summed E-state index contributed by atoms with van der Waals surface area (Å²) < 4.78 is 25.1. The van der Waals surface area contributed by atoms with Gasteiger partial charge in [0.2, 0.25) is 15.9 Å². The molecule has 7 nitrogen and oxygen atoms in total. The molecule has 0 aromatic heterocycles. The van der Waals surface area contributed by atoms with E-state index in [1.54, 1.807) is 0 Å². The Morgan fingerprint density at radius 2 is 1.89 bits per heavy atom. The standard InChI is InChI=1S/C11H20N2O5S/c1-9(11(15)16)12-10(14)5-4-8-19(17,18)13-6-2-3-7-13/h9H,2-8H2,1H3,(H,12,14)(H,15,16)/t9-/m1/s1. The Balaban J connectivity index is 2.29. The molecule has 1 saturated heterocycles. The fourth-order valence-electron chi connectivity index (χ4n) is 1.89. The van der Waals surface area contributed by atoms with E-state index in [0.29, 0.717) is 13.1 Å². The van der Waals surface area contributed by atoms with E-state index in [4.69, 9.17) is 5.11 Å². The van der Waals surface area contributed by atoms with Crippen molar-refractivity contribution in [3.8, 4) is 0 Å². The van der Waals surface area contributed by atoms with Gasteiger partial charge in [0.1, 0.15) is 6.04 Å². The third kappa shape index (κ3) is 5.15. The third-order valence-electron chi connectivity index (χ3n) is 3.01. The minimum absolute atomic E-state index is 0.0185. The monoisotopic (exact) mass is 292 g/mol. The van der Waals surface area contributed by atoms with Crippen LogP contribution in [0.25, 0.3) is 0 Å². The van der Waals surface area contributed by atoms with Gasteiger partial charge in [0.25, 0.3) is 0 Å². The summed E-state index contributed by atoms with van der Waals surface area (Å²) in [5.74, 6) is -1.62. The van der Waals surface area contributed by atoms with E-state index in [0.717, 1.165) is 12.8 Å². The van der Waals surface area contributed by atoms with Gasteiger partial charge in [-0.15, -0.1) is 0 Å². The summed E-state index contributed by atoms with van der Waals surface area (Å²) in [5.41, 5.74) is 0. The van der Waals surface area contributed by atoms with Crippen LogP contribution in [0.1, 0.15) is 32.6 Å². The highest BCUT2D eigenvalue weighted by molar-refractivity contribution is 7.89. The topological polar surface area (TPSA) is 104 Å². The zero-order valence-electron chi connectivity index (χ0n) is 11.0. The lowest BCUT2D eigenvalue weighted by Gasteiger charge is -2.15. The number of hydrogen-bond donors (Lipinski definition) is 2. The van der Waals surface area contributed by atoms with Crippen molar-refractivity contribution in [2.45, 2.75) is 38.6 Å². The summed E-state index contributed by atoms with van der Waals surface area (Å²) in [5, 5.41) is 10.9. The maximum atomic E-state index is 11.8. The molecule has 1 atom stereocenters. The molecule has 0 spiro atoms. The Bertz CT molecular complexity index is 428. The van der Waals surface area contributed by atoms with Gasteiger partial charge in [-0.3, -0.25) is 9.59 Å². The second-order valence-electron chi connectivity index (χ2n) is 4.65. The van der Waals surface area contributed by atoms with Gasteiger partial charge in [-0.25, -0.2) is 12.7 Å². The van der Waals surface area contributed by atoms with Crippen molar-refractivity contribution in [3.63, 3.8) is 0 Å². The second-order valence-corrected chi connectivity index (χ2v) is 6.74.